The lowest BCUT2D eigenvalue weighted by atomic mass is 10.0. The summed E-state index contributed by atoms with van der Waals surface area (Å²) in [7, 11) is 0. The van der Waals surface area contributed by atoms with Crippen LogP contribution in [0, 0.1) is 11.3 Å². The number of aliphatic hydroxyl groups excluding tert-OH is 1. The highest BCUT2D eigenvalue weighted by Gasteiger charge is 2.35. The maximum absolute atomic E-state index is 13.0. The van der Waals surface area contributed by atoms with Crippen molar-refractivity contribution in [3.8, 4) is 6.07 Å². The summed E-state index contributed by atoms with van der Waals surface area (Å²) >= 11 is 0. The highest BCUT2D eigenvalue weighted by atomic mass is 16.6. The van der Waals surface area contributed by atoms with Gasteiger partial charge in [0.2, 0.25) is 5.91 Å². The number of hydrogen-bond donors (Lipinski definition) is 1. The van der Waals surface area contributed by atoms with Gasteiger partial charge in [-0.1, -0.05) is 79.4 Å². The SMILES string of the molecule is C=CCOC(=O)N1CC(=O)N(Cc2ccc(C#N)c(N=C(c3ccccc3)c3ccccc3)c2)C(CO)C1. The van der Waals surface area contributed by atoms with Crippen LogP contribution in [0.2, 0.25) is 0 Å². The second kappa shape index (κ2) is 12.5. The van der Waals surface area contributed by atoms with Crippen LogP contribution in [0.5, 0.6) is 0 Å². The average Bonchev–Trinajstić information content (AvgIpc) is 2.96. The molecule has 0 aromatic heterocycles. The molecule has 1 aliphatic rings. The van der Waals surface area contributed by atoms with E-state index < -0.39 is 12.1 Å². The molecule has 0 spiro atoms. The van der Waals surface area contributed by atoms with Crippen molar-refractivity contribution in [3.63, 3.8) is 0 Å². The molecule has 3 aromatic carbocycles. The molecule has 3 aromatic rings. The average molecular weight is 509 g/mol. The molecule has 4 rings (SSSR count). The third-order valence-electron chi connectivity index (χ3n) is 6.17. The van der Waals surface area contributed by atoms with Gasteiger partial charge in [0.15, 0.2) is 0 Å². The summed E-state index contributed by atoms with van der Waals surface area (Å²) in [6.45, 7) is 3.43. The summed E-state index contributed by atoms with van der Waals surface area (Å²) in [4.78, 5) is 33.0. The van der Waals surface area contributed by atoms with E-state index in [-0.39, 0.29) is 38.8 Å². The second-order valence-corrected chi connectivity index (χ2v) is 8.76. The molecule has 1 unspecified atom stereocenters. The Bertz CT molecular complexity index is 1320. The first-order chi connectivity index (χ1) is 18.5. The standard InChI is InChI=1S/C30H28N4O4/c1-2-15-38-30(37)33-19-26(21-35)34(28(36)20-33)18-22-13-14-25(17-31)27(16-22)32-29(23-9-5-3-6-10-23)24-11-7-4-8-12-24/h2-14,16,26,35H,1,15,18-21H2. The second-order valence-electron chi connectivity index (χ2n) is 8.76. The summed E-state index contributed by atoms with van der Waals surface area (Å²) in [5.74, 6) is -0.311. The first-order valence-electron chi connectivity index (χ1n) is 12.2. The van der Waals surface area contributed by atoms with Gasteiger partial charge in [-0.25, -0.2) is 9.79 Å². The van der Waals surface area contributed by atoms with E-state index in [1.165, 1.54) is 11.0 Å². The van der Waals surface area contributed by atoms with E-state index in [0.717, 1.165) is 22.4 Å². The molecule has 1 heterocycles. The Morgan fingerprint density at radius 3 is 2.34 bits per heavy atom. The van der Waals surface area contributed by atoms with Gasteiger partial charge in [-0.05, 0) is 17.7 Å². The highest BCUT2D eigenvalue weighted by molar-refractivity contribution is 6.14. The van der Waals surface area contributed by atoms with Crippen molar-refractivity contribution in [3.05, 3.63) is 114 Å². The highest BCUT2D eigenvalue weighted by Crippen LogP contribution is 2.26. The molecule has 1 fully saturated rings. The van der Waals surface area contributed by atoms with Gasteiger partial charge in [-0.15, -0.1) is 0 Å². The minimum Gasteiger partial charge on any atom is -0.445 e. The Morgan fingerprint density at radius 1 is 1.11 bits per heavy atom. The van der Waals surface area contributed by atoms with Crippen LogP contribution in [0.3, 0.4) is 0 Å². The van der Waals surface area contributed by atoms with Crippen molar-refractivity contribution in [2.75, 3.05) is 26.3 Å². The van der Waals surface area contributed by atoms with Crippen LogP contribution in [0.4, 0.5) is 10.5 Å². The molecular formula is C30H28N4O4. The van der Waals surface area contributed by atoms with Crippen molar-refractivity contribution >= 4 is 23.4 Å². The van der Waals surface area contributed by atoms with Gasteiger partial charge in [0.05, 0.1) is 29.6 Å². The smallest absolute Gasteiger partial charge is 0.410 e. The number of ether oxygens (including phenoxy) is 1. The normalized spacial score (nSPS) is 14.9. The summed E-state index contributed by atoms with van der Waals surface area (Å²) in [6, 6.07) is 26.3. The van der Waals surface area contributed by atoms with E-state index in [0.29, 0.717) is 11.3 Å². The Labute approximate surface area is 221 Å². The fourth-order valence-corrected chi connectivity index (χ4v) is 4.28. The van der Waals surface area contributed by atoms with Crippen LogP contribution in [-0.2, 0) is 16.1 Å². The predicted octanol–water partition coefficient (Wildman–Crippen LogP) is 4.06. The maximum Gasteiger partial charge on any atom is 0.410 e. The van der Waals surface area contributed by atoms with Crippen LogP contribution < -0.4 is 0 Å². The van der Waals surface area contributed by atoms with Crippen molar-refractivity contribution in [1.29, 1.82) is 5.26 Å². The van der Waals surface area contributed by atoms with Gasteiger partial charge in [-0.3, -0.25) is 9.69 Å². The molecule has 8 nitrogen and oxygen atoms in total. The Morgan fingerprint density at radius 2 is 1.76 bits per heavy atom. The molecule has 1 atom stereocenters. The van der Waals surface area contributed by atoms with Gasteiger partial charge in [-0.2, -0.15) is 5.26 Å². The van der Waals surface area contributed by atoms with Crippen LogP contribution in [-0.4, -0.2) is 65.0 Å². The van der Waals surface area contributed by atoms with Crippen molar-refractivity contribution in [2.24, 2.45) is 4.99 Å². The monoisotopic (exact) mass is 508 g/mol. The molecule has 38 heavy (non-hydrogen) atoms. The Kier molecular flexibility index (Phi) is 8.65. The van der Waals surface area contributed by atoms with E-state index in [9.17, 15) is 20.0 Å². The summed E-state index contributed by atoms with van der Waals surface area (Å²) < 4.78 is 5.05. The number of piperazine rings is 1. The third kappa shape index (κ3) is 6.14. The molecule has 0 bridgehead atoms. The lowest BCUT2D eigenvalue weighted by molar-refractivity contribution is -0.141. The van der Waals surface area contributed by atoms with E-state index >= 15 is 0 Å². The molecule has 2 amide bonds. The molecule has 1 N–H and O–H groups in total. The predicted molar refractivity (Wildman–Crippen MR) is 144 cm³/mol. The zero-order valence-electron chi connectivity index (χ0n) is 20.9. The number of nitrogens with zero attached hydrogens (tertiary/aromatic N) is 4. The lowest BCUT2D eigenvalue weighted by Gasteiger charge is -2.39. The molecule has 1 aliphatic heterocycles. The van der Waals surface area contributed by atoms with E-state index in [1.807, 2.05) is 60.7 Å². The minimum atomic E-state index is -0.624. The molecule has 0 aliphatic carbocycles. The number of carbonyl (C=O) groups excluding carboxylic acids is 2. The largest absolute Gasteiger partial charge is 0.445 e. The first kappa shape index (κ1) is 26.3. The van der Waals surface area contributed by atoms with Gasteiger partial charge >= 0.3 is 6.09 Å². The number of hydrogen-bond acceptors (Lipinski definition) is 6. The molecule has 0 radical (unpaired) electrons. The van der Waals surface area contributed by atoms with Crippen molar-refractivity contribution in [1.82, 2.24) is 9.80 Å². The zero-order valence-corrected chi connectivity index (χ0v) is 20.9. The molecule has 192 valence electrons. The molecular weight excluding hydrogens is 480 g/mol. The van der Waals surface area contributed by atoms with E-state index in [4.69, 9.17) is 9.73 Å². The van der Waals surface area contributed by atoms with E-state index in [2.05, 4.69) is 12.6 Å². The Balaban J connectivity index is 1.64. The summed E-state index contributed by atoms with van der Waals surface area (Å²) in [5, 5.41) is 19.8. The first-order valence-corrected chi connectivity index (χ1v) is 12.2. The maximum atomic E-state index is 13.0. The number of amides is 2. The molecule has 8 heteroatoms. The number of nitriles is 1. The van der Waals surface area contributed by atoms with Crippen LogP contribution >= 0.6 is 0 Å². The fourth-order valence-electron chi connectivity index (χ4n) is 4.28. The lowest BCUT2D eigenvalue weighted by Crippen LogP contribution is -2.58. The van der Waals surface area contributed by atoms with E-state index in [1.54, 1.807) is 23.1 Å². The van der Waals surface area contributed by atoms with Gasteiger partial charge < -0.3 is 14.7 Å². The Hall–Kier alpha value is -4.74. The number of carbonyl (C=O) groups is 2. The van der Waals surface area contributed by atoms with Crippen LogP contribution in [0.1, 0.15) is 22.3 Å². The summed E-state index contributed by atoms with van der Waals surface area (Å²) in [5.41, 5.74) is 4.16. The summed E-state index contributed by atoms with van der Waals surface area (Å²) in [6.07, 6.45) is 0.826. The molecule has 1 saturated heterocycles. The van der Waals surface area contributed by atoms with Gasteiger partial charge in [0, 0.05) is 24.2 Å². The topological polar surface area (TPSA) is 106 Å². The van der Waals surface area contributed by atoms with Gasteiger partial charge in [0.1, 0.15) is 19.2 Å². The zero-order chi connectivity index (χ0) is 26.9. The quantitative estimate of drug-likeness (QED) is 0.365. The number of aliphatic imine (C=N–C) groups is 1. The number of benzene rings is 3. The molecule has 0 saturated carbocycles. The third-order valence-corrected chi connectivity index (χ3v) is 6.17. The number of aliphatic hydroxyl groups is 1. The number of rotatable bonds is 8. The van der Waals surface area contributed by atoms with Crippen LogP contribution in [0.15, 0.2) is 96.5 Å². The minimum absolute atomic E-state index is 0.0412. The van der Waals surface area contributed by atoms with Crippen LogP contribution in [0.25, 0.3) is 0 Å². The fraction of sp³-hybridized carbons (Fsp3) is 0.200. The van der Waals surface area contributed by atoms with Gasteiger partial charge in [0.25, 0.3) is 0 Å². The van der Waals surface area contributed by atoms with Crippen molar-refractivity contribution in [2.45, 2.75) is 12.6 Å². The van der Waals surface area contributed by atoms with Crippen molar-refractivity contribution < 1.29 is 19.4 Å².